The molecule has 0 bridgehead atoms. The molecule has 20 heavy (non-hydrogen) atoms. The Kier molecular flexibility index (Phi) is 3.68. The summed E-state index contributed by atoms with van der Waals surface area (Å²) in [5.74, 6) is 1.62. The van der Waals surface area contributed by atoms with Crippen LogP contribution in [0.3, 0.4) is 0 Å². The maximum absolute atomic E-state index is 4.66. The topological polar surface area (TPSA) is 29.0 Å². The molecule has 3 heteroatoms. The van der Waals surface area contributed by atoms with E-state index in [9.17, 15) is 0 Å². The molecule has 0 aliphatic carbocycles. The first-order valence-corrected chi connectivity index (χ1v) is 7.40. The molecule has 2 aromatic rings. The Hall–Kier alpha value is -1.90. The van der Waals surface area contributed by atoms with Crippen molar-refractivity contribution in [2.45, 2.75) is 38.6 Å². The molecule has 3 nitrogen and oxygen atoms in total. The number of rotatable bonds is 3. The quantitative estimate of drug-likeness (QED) is 0.843. The van der Waals surface area contributed by atoms with Gasteiger partial charge in [-0.3, -0.25) is 4.98 Å². The van der Waals surface area contributed by atoms with E-state index < -0.39 is 0 Å². The van der Waals surface area contributed by atoms with Crippen LogP contribution in [0.2, 0.25) is 0 Å². The van der Waals surface area contributed by atoms with Gasteiger partial charge in [0.1, 0.15) is 5.82 Å². The third-order valence-corrected chi connectivity index (χ3v) is 3.99. The summed E-state index contributed by atoms with van der Waals surface area (Å²) in [5.41, 5.74) is 2.49. The lowest BCUT2D eigenvalue weighted by molar-refractivity contribution is 0.680. The van der Waals surface area contributed by atoms with Crippen molar-refractivity contribution in [2.75, 3.05) is 11.4 Å². The first-order chi connectivity index (χ1) is 9.77. The van der Waals surface area contributed by atoms with Crippen LogP contribution in [0.25, 0.3) is 0 Å². The predicted molar refractivity (Wildman–Crippen MR) is 81.9 cm³/mol. The first kappa shape index (κ1) is 13.1. The number of anilines is 1. The van der Waals surface area contributed by atoms with Crippen LogP contribution in [0.1, 0.15) is 49.9 Å². The molecule has 104 valence electrons. The standard InChI is InChI=1S/C17H21N3/c1-13(2)14-7-5-11-19-17(14)20-12-6-9-16(20)15-8-3-4-10-18-15/h3-5,7-8,10-11,13,16H,6,9,12H2,1-2H3. The van der Waals surface area contributed by atoms with Gasteiger partial charge in [-0.05, 0) is 42.5 Å². The summed E-state index contributed by atoms with van der Waals surface area (Å²) in [5, 5.41) is 0. The Balaban J connectivity index is 1.97. The minimum atomic E-state index is 0.364. The Labute approximate surface area is 120 Å². The largest absolute Gasteiger partial charge is 0.348 e. The molecule has 0 aromatic carbocycles. The van der Waals surface area contributed by atoms with Crippen molar-refractivity contribution in [3.05, 3.63) is 54.0 Å². The van der Waals surface area contributed by atoms with Crippen molar-refractivity contribution < 1.29 is 0 Å². The average molecular weight is 267 g/mol. The molecular formula is C17H21N3. The minimum Gasteiger partial charge on any atom is -0.348 e. The SMILES string of the molecule is CC(C)c1cccnc1N1CCCC1c1ccccn1. The second kappa shape index (κ2) is 5.61. The van der Waals surface area contributed by atoms with E-state index in [4.69, 9.17) is 0 Å². The Morgan fingerprint density at radius 2 is 1.95 bits per heavy atom. The summed E-state index contributed by atoms with van der Waals surface area (Å²) >= 11 is 0. The highest BCUT2D eigenvalue weighted by atomic mass is 15.2. The number of hydrogen-bond donors (Lipinski definition) is 0. The third kappa shape index (κ3) is 2.40. The van der Waals surface area contributed by atoms with E-state index in [1.165, 1.54) is 12.0 Å². The van der Waals surface area contributed by atoms with Gasteiger partial charge in [-0.15, -0.1) is 0 Å². The van der Waals surface area contributed by atoms with E-state index in [-0.39, 0.29) is 0 Å². The van der Waals surface area contributed by atoms with Crippen LogP contribution in [0.15, 0.2) is 42.7 Å². The lowest BCUT2D eigenvalue weighted by Crippen LogP contribution is -2.25. The van der Waals surface area contributed by atoms with Crippen LogP contribution in [-0.4, -0.2) is 16.5 Å². The van der Waals surface area contributed by atoms with Gasteiger partial charge in [0.2, 0.25) is 0 Å². The summed E-state index contributed by atoms with van der Waals surface area (Å²) < 4.78 is 0. The van der Waals surface area contributed by atoms with Crippen LogP contribution in [0.4, 0.5) is 5.82 Å². The van der Waals surface area contributed by atoms with Gasteiger partial charge in [0.25, 0.3) is 0 Å². The summed E-state index contributed by atoms with van der Waals surface area (Å²) in [6.07, 6.45) is 6.14. The smallest absolute Gasteiger partial charge is 0.132 e. The van der Waals surface area contributed by atoms with Crippen molar-refractivity contribution in [1.29, 1.82) is 0 Å². The van der Waals surface area contributed by atoms with E-state index >= 15 is 0 Å². The Morgan fingerprint density at radius 3 is 2.70 bits per heavy atom. The van der Waals surface area contributed by atoms with Gasteiger partial charge in [-0.1, -0.05) is 26.0 Å². The lowest BCUT2D eigenvalue weighted by atomic mass is 10.0. The second-order valence-electron chi connectivity index (χ2n) is 5.68. The molecule has 1 saturated heterocycles. The summed E-state index contributed by atoms with van der Waals surface area (Å²) in [7, 11) is 0. The molecule has 1 unspecified atom stereocenters. The highest BCUT2D eigenvalue weighted by molar-refractivity contribution is 5.51. The van der Waals surface area contributed by atoms with Crippen molar-refractivity contribution in [3.8, 4) is 0 Å². The van der Waals surface area contributed by atoms with Gasteiger partial charge in [-0.25, -0.2) is 4.98 Å². The summed E-state index contributed by atoms with van der Waals surface area (Å²) in [6.45, 7) is 5.52. The van der Waals surface area contributed by atoms with Gasteiger partial charge in [0, 0.05) is 18.9 Å². The van der Waals surface area contributed by atoms with Gasteiger partial charge in [-0.2, -0.15) is 0 Å². The number of nitrogens with zero attached hydrogens (tertiary/aromatic N) is 3. The Morgan fingerprint density at radius 1 is 1.10 bits per heavy atom. The fourth-order valence-corrected chi connectivity index (χ4v) is 3.00. The second-order valence-corrected chi connectivity index (χ2v) is 5.68. The van der Waals surface area contributed by atoms with Crippen molar-refractivity contribution in [1.82, 2.24) is 9.97 Å². The molecule has 0 spiro atoms. The monoisotopic (exact) mass is 267 g/mol. The number of hydrogen-bond acceptors (Lipinski definition) is 3. The maximum Gasteiger partial charge on any atom is 0.132 e. The highest BCUT2D eigenvalue weighted by Crippen LogP contribution is 2.37. The molecule has 1 aliphatic rings. The molecule has 3 heterocycles. The highest BCUT2D eigenvalue weighted by Gasteiger charge is 2.29. The fourth-order valence-electron chi connectivity index (χ4n) is 3.00. The molecule has 0 saturated carbocycles. The number of aromatic nitrogens is 2. The molecule has 1 aliphatic heterocycles. The molecule has 1 atom stereocenters. The van der Waals surface area contributed by atoms with Gasteiger partial charge < -0.3 is 4.90 Å². The molecule has 3 rings (SSSR count). The predicted octanol–water partition coefficient (Wildman–Crippen LogP) is 3.94. The van der Waals surface area contributed by atoms with Crippen LogP contribution in [0.5, 0.6) is 0 Å². The molecule has 2 aromatic heterocycles. The molecule has 0 N–H and O–H groups in total. The van der Waals surface area contributed by atoms with Crippen LogP contribution in [0, 0.1) is 0 Å². The molecule has 1 fully saturated rings. The average Bonchev–Trinajstić information content (AvgIpc) is 2.97. The fraction of sp³-hybridized carbons (Fsp3) is 0.412. The number of pyridine rings is 2. The zero-order chi connectivity index (χ0) is 13.9. The first-order valence-electron chi connectivity index (χ1n) is 7.40. The third-order valence-electron chi connectivity index (χ3n) is 3.99. The van der Waals surface area contributed by atoms with Crippen molar-refractivity contribution >= 4 is 5.82 Å². The molecule has 0 amide bonds. The lowest BCUT2D eigenvalue weighted by Gasteiger charge is -2.28. The summed E-state index contributed by atoms with van der Waals surface area (Å²) in [4.78, 5) is 11.6. The van der Waals surface area contributed by atoms with E-state index in [0.717, 1.165) is 24.5 Å². The van der Waals surface area contributed by atoms with E-state index in [1.54, 1.807) is 0 Å². The maximum atomic E-state index is 4.66. The van der Waals surface area contributed by atoms with Crippen LogP contribution < -0.4 is 4.90 Å². The van der Waals surface area contributed by atoms with Crippen molar-refractivity contribution in [3.63, 3.8) is 0 Å². The van der Waals surface area contributed by atoms with E-state index in [1.807, 2.05) is 24.5 Å². The normalized spacial score (nSPS) is 18.8. The molecular weight excluding hydrogens is 246 g/mol. The zero-order valence-corrected chi connectivity index (χ0v) is 12.2. The van der Waals surface area contributed by atoms with Gasteiger partial charge in [0.05, 0.1) is 11.7 Å². The zero-order valence-electron chi connectivity index (χ0n) is 12.2. The minimum absolute atomic E-state index is 0.364. The molecule has 0 radical (unpaired) electrons. The van der Waals surface area contributed by atoms with Crippen LogP contribution in [-0.2, 0) is 0 Å². The Bertz CT molecular complexity index is 565. The van der Waals surface area contributed by atoms with E-state index in [0.29, 0.717) is 12.0 Å². The summed E-state index contributed by atoms with van der Waals surface area (Å²) in [6, 6.07) is 10.8. The van der Waals surface area contributed by atoms with E-state index in [2.05, 4.69) is 46.9 Å². The van der Waals surface area contributed by atoms with Crippen LogP contribution >= 0.6 is 0 Å². The van der Waals surface area contributed by atoms with Gasteiger partial charge in [0.15, 0.2) is 0 Å². The van der Waals surface area contributed by atoms with Gasteiger partial charge >= 0.3 is 0 Å². The van der Waals surface area contributed by atoms with Crippen molar-refractivity contribution in [2.24, 2.45) is 0 Å².